The van der Waals surface area contributed by atoms with Gasteiger partial charge in [0.2, 0.25) is 0 Å². The first-order chi connectivity index (χ1) is 8.67. The molecule has 1 rings (SSSR count). The van der Waals surface area contributed by atoms with E-state index < -0.39 is 0 Å². The fraction of sp³-hybridized carbons (Fsp3) is 1.00. The molecule has 0 amide bonds. The average molecular weight is 256 g/mol. The summed E-state index contributed by atoms with van der Waals surface area (Å²) in [6.45, 7) is 14.3. The van der Waals surface area contributed by atoms with Crippen LogP contribution in [-0.4, -0.2) is 49.3 Å². The van der Waals surface area contributed by atoms with Crippen molar-refractivity contribution in [3.8, 4) is 0 Å². The summed E-state index contributed by atoms with van der Waals surface area (Å²) >= 11 is 0. The molecule has 1 N–H and O–H groups in total. The Kier molecular flexibility index (Phi) is 7.20. The molecule has 0 bridgehead atoms. The second kappa shape index (κ2) is 8.13. The SMILES string of the molecule is CCCCOCCN1CC(CC)(CC)NCC1C. The van der Waals surface area contributed by atoms with Crippen LogP contribution in [0.2, 0.25) is 0 Å². The minimum atomic E-state index is 0.329. The molecule has 3 heteroatoms. The molecule has 0 saturated carbocycles. The van der Waals surface area contributed by atoms with Gasteiger partial charge < -0.3 is 10.1 Å². The van der Waals surface area contributed by atoms with Gasteiger partial charge in [-0.3, -0.25) is 4.90 Å². The highest BCUT2D eigenvalue weighted by atomic mass is 16.5. The third-order valence-electron chi connectivity index (χ3n) is 4.42. The molecule has 1 fully saturated rings. The van der Waals surface area contributed by atoms with Crippen molar-refractivity contribution in [2.75, 3.05) is 32.8 Å². The van der Waals surface area contributed by atoms with Crippen molar-refractivity contribution in [1.29, 1.82) is 0 Å². The molecule has 1 unspecified atom stereocenters. The Bertz CT molecular complexity index is 217. The molecule has 0 radical (unpaired) electrons. The third-order valence-corrected chi connectivity index (χ3v) is 4.42. The summed E-state index contributed by atoms with van der Waals surface area (Å²) < 4.78 is 5.70. The summed E-state index contributed by atoms with van der Waals surface area (Å²) in [5.74, 6) is 0. The molecule has 1 aliphatic heterocycles. The van der Waals surface area contributed by atoms with Crippen LogP contribution in [0.15, 0.2) is 0 Å². The molecular weight excluding hydrogens is 224 g/mol. The second-order valence-corrected chi connectivity index (χ2v) is 5.65. The average Bonchev–Trinajstić information content (AvgIpc) is 2.41. The number of piperazine rings is 1. The van der Waals surface area contributed by atoms with Gasteiger partial charge in [-0.05, 0) is 26.2 Å². The second-order valence-electron chi connectivity index (χ2n) is 5.65. The molecule has 3 nitrogen and oxygen atoms in total. The Balaban J connectivity index is 2.33. The van der Waals surface area contributed by atoms with Crippen LogP contribution in [-0.2, 0) is 4.74 Å². The van der Waals surface area contributed by atoms with Crippen molar-refractivity contribution in [3.63, 3.8) is 0 Å². The number of hydrogen-bond donors (Lipinski definition) is 1. The van der Waals surface area contributed by atoms with Crippen molar-refractivity contribution in [1.82, 2.24) is 10.2 Å². The molecular formula is C15H32N2O. The zero-order valence-corrected chi connectivity index (χ0v) is 12.8. The number of unbranched alkanes of at least 4 members (excludes halogenated alkanes) is 1. The molecule has 1 heterocycles. The molecule has 0 spiro atoms. The number of hydrogen-bond acceptors (Lipinski definition) is 3. The van der Waals surface area contributed by atoms with E-state index in [-0.39, 0.29) is 0 Å². The number of nitrogens with one attached hydrogen (secondary N) is 1. The van der Waals surface area contributed by atoms with Crippen molar-refractivity contribution in [2.45, 2.75) is 65.0 Å². The first-order valence-corrected chi connectivity index (χ1v) is 7.74. The van der Waals surface area contributed by atoms with Gasteiger partial charge in [-0.1, -0.05) is 27.2 Å². The Morgan fingerprint density at radius 1 is 1.22 bits per heavy atom. The molecule has 1 aliphatic rings. The van der Waals surface area contributed by atoms with Crippen molar-refractivity contribution in [3.05, 3.63) is 0 Å². The summed E-state index contributed by atoms with van der Waals surface area (Å²) in [5, 5.41) is 3.74. The van der Waals surface area contributed by atoms with E-state index in [2.05, 4.69) is 37.9 Å². The van der Waals surface area contributed by atoms with Gasteiger partial charge in [0.1, 0.15) is 0 Å². The van der Waals surface area contributed by atoms with Crippen LogP contribution in [0, 0.1) is 0 Å². The van der Waals surface area contributed by atoms with Crippen molar-refractivity contribution < 1.29 is 4.74 Å². The van der Waals surface area contributed by atoms with E-state index in [4.69, 9.17) is 4.74 Å². The third kappa shape index (κ3) is 4.52. The monoisotopic (exact) mass is 256 g/mol. The Hall–Kier alpha value is -0.120. The standard InChI is InChI=1S/C15H32N2O/c1-5-8-10-18-11-9-17-13-15(6-2,7-3)16-12-14(17)4/h14,16H,5-13H2,1-4H3. The maximum absolute atomic E-state index is 5.70. The van der Waals surface area contributed by atoms with Crippen LogP contribution in [0.4, 0.5) is 0 Å². The van der Waals surface area contributed by atoms with Crippen LogP contribution < -0.4 is 5.32 Å². The highest BCUT2D eigenvalue weighted by molar-refractivity contribution is 4.95. The van der Waals surface area contributed by atoms with Crippen LogP contribution in [0.5, 0.6) is 0 Å². The van der Waals surface area contributed by atoms with Gasteiger partial charge in [0.25, 0.3) is 0 Å². The summed E-state index contributed by atoms with van der Waals surface area (Å²) in [6.07, 6.45) is 4.83. The Labute approximate surface area is 113 Å². The van der Waals surface area contributed by atoms with Crippen LogP contribution >= 0.6 is 0 Å². The molecule has 1 atom stereocenters. The molecule has 0 aliphatic carbocycles. The number of ether oxygens (including phenoxy) is 1. The van der Waals surface area contributed by atoms with E-state index in [1.165, 1.54) is 25.7 Å². The van der Waals surface area contributed by atoms with E-state index in [9.17, 15) is 0 Å². The van der Waals surface area contributed by atoms with Crippen molar-refractivity contribution >= 4 is 0 Å². The van der Waals surface area contributed by atoms with Gasteiger partial charge in [0.15, 0.2) is 0 Å². The highest BCUT2D eigenvalue weighted by Crippen LogP contribution is 2.22. The summed E-state index contributed by atoms with van der Waals surface area (Å²) in [5.41, 5.74) is 0.329. The minimum absolute atomic E-state index is 0.329. The molecule has 0 aromatic carbocycles. The summed E-state index contributed by atoms with van der Waals surface area (Å²) in [7, 11) is 0. The zero-order chi connectivity index (χ0) is 13.4. The van der Waals surface area contributed by atoms with E-state index >= 15 is 0 Å². The maximum atomic E-state index is 5.70. The smallest absolute Gasteiger partial charge is 0.0593 e. The Morgan fingerprint density at radius 2 is 1.94 bits per heavy atom. The summed E-state index contributed by atoms with van der Waals surface area (Å²) in [4.78, 5) is 2.59. The predicted octanol–water partition coefficient (Wildman–Crippen LogP) is 2.66. The molecule has 108 valence electrons. The van der Waals surface area contributed by atoms with Crippen LogP contribution in [0.1, 0.15) is 53.4 Å². The van der Waals surface area contributed by atoms with Gasteiger partial charge in [-0.25, -0.2) is 0 Å². The fourth-order valence-corrected chi connectivity index (χ4v) is 2.65. The molecule has 0 aromatic rings. The topological polar surface area (TPSA) is 24.5 Å². The van der Waals surface area contributed by atoms with Gasteiger partial charge >= 0.3 is 0 Å². The van der Waals surface area contributed by atoms with Crippen LogP contribution in [0.3, 0.4) is 0 Å². The van der Waals surface area contributed by atoms with Gasteiger partial charge in [0, 0.05) is 37.8 Å². The predicted molar refractivity (Wildman–Crippen MR) is 78.1 cm³/mol. The van der Waals surface area contributed by atoms with Crippen LogP contribution in [0.25, 0.3) is 0 Å². The summed E-state index contributed by atoms with van der Waals surface area (Å²) in [6, 6.07) is 0.631. The van der Waals surface area contributed by atoms with E-state index in [1.54, 1.807) is 0 Å². The number of rotatable bonds is 8. The Morgan fingerprint density at radius 3 is 2.56 bits per heavy atom. The quantitative estimate of drug-likeness (QED) is 0.676. The molecule has 18 heavy (non-hydrogen) atoms. The molecule has 1 saturated heterocycles. The normalized spacial score (nSPS) is 24.3. The first kappa shape index (κ1) is 15.9. The van der Waals surface area contributed by atoms with E-state index in [1.807, 2.05) is 0 Å². The fourth-order valence-electron chi connectivity index (χ4n) is 2.65. The van der Waals surface area contributed by atoms with E-state index in [0.717, 1.165) is 32.8 Å². The van der Waals surface area contributed by atoms with Gasteiger partial charge in [0.05, 0.1) is 6.61 Å². The maximum Gasteiger partial charge on any atom is 0.0593 e. The first-order valence-electron chi connectivity index (χ1n) is 7.74. The number of nitrogens with zero attached hydrogens (tertiary/aromatic N) is 1. The van der Waals surface area contributed by atoms with Gasteiger partial charge in [-0.15, -0.1) is 0 Å². The lowest BCUT2D eigenvalue weighted by atomic mass is 9.89. The van der Waals surface area contributed by atoms with Crippen molar-refractivity contribution in [2.24, 2.45) is 0 Å². The van der Waals surface area contributed by atoms with Gasteiger partial charge in [-0.2, -0.15) is 0 Å². The lowest BCUT2D eigenvalue weighted by Crippen LogP contribution is -2.63. The van der Waals surface area contributed by atoms with E-state index in [0.29, 0.717) is 11.6 Å². The highest BCUT2D eigenvalue weighted by Gasteiger charge is 2.34. The minimum Gasteiger partial charge on any atom is -0.380 e. The largest absolute Gasteiger partial charge is 0.380 e. The lowest BCUT2D eigenvalue weighted by molar-refractivity contribution is 0.0422. The molecule has 0 aromatic heterocycles. The lowest BCUT2D eigenvalue weighted by Gasteiger charge is -2.46. The zero-order valence-electron chi connectivity index (χ0n) is 12.8.